The Kier molecular flexibility index (Phi) is 6.46. The molecular weight excluding hydrogens is 390 g/mol. The number of rotatable bonds is 9. The van der Waals surface area contributed by atoms with Crippen molar-refractivity contribution >= 4 is 16.6 Å². The molecule has 0 spiro atoms. The number of nitrogens with zero attached hydrogens (tertiary/aromatic N) is 2. The summed E-state index contributed by atoms with van der Waals surface area (Å²) in [5, 5.41) is 4.90. The highest BCUT2D eigenvalue weighted by atomic mass is 16.5. The third kappa shape index (κ3) is 4.60. The molecule has 1 aromatic heterocycles. The largest absolute Gasteiger partial charge is 0.493 e. The quantitative estimate of drug-likeness (QED) is 0.612. The van der Waals surface area contributed by atoms with E-state index < -0.39 is 0 Å². The second kappa shape index (κ2) is 9.61. The van der Waals surface area contributed by atoms with Gasteiger partial charge in [0.25, 0.3) is 0 Å². The van der Waals surface area contributed by atoms with E-state index in [4.69, 9.17) is 19.2 Å². The summed E-state index contributed by atoms with van der Waals surface area (Å²) in [5.41, 5.74) is 4.86. The second-order valence-electron chi connectivity index (χ2n) is 9.15. The highest BCUT2D eigenvalue weighted by Gasteiger charge is 2.23. The van der Waals surface area contributed by atoms with Crippen molar-refractivity contribution in [2.75, 3.05) is 58.4 Å². The SMILES string of the molecule is COc1cc2c(NC[C@H]3CCOC3)c3c(nc2cc1OCCCN1CCCC1)CCC3. The number of likely N-dealkylation sites (tertiary alicyclic amines) is 1. The van der Waals surface area contributed by atoms with Gasteiger partial charge in [-0.2, -0.15) is 0 Å². The fourth-order valence-electron chi connectivity index (χ4n) is 5.21. The van der Waals surface area contributed by atoms with Crippen molar-refractivity contribution < 1.29 is 14.2 Å². The van der Waals surface area contributed by atoms with Gasteiger partial charge < -0.3 is 24.4 Å². The van der Waals surface area contributed by atoms with Gasteiger partial charge in [0.05, 0.1) is 25.8 Å². The Morgan fingerprint density at radius 2 is 2.06 bits per heavy atom. The molecule has 0 amide bonds. The lowest BCUT2D eigenvalue weighted by Gasteiger charge is -2.19. The van der Waals surface area contributed by atoms with Crippen LogP contribution in [0.2, 0.25) is 0 Å². The third-order valence-corrected chi connectivity index (χ3v) is 6.96. The minimum Gasteiger partial charge on any atom is -0.493 e. The van der Waals surface area contributed by atoms with Crippen molar-refractivity contribution in [2.24, 2.45) is 5.92 Å². The van der Waals surface area contributed by atoms with Crippen molar-refractivity contribution in [1.29, 1.82) is 0 Å². The number of methoxy groups -OCH3 is 1. The normalized spacial score (nSPS) is 21.0. The molecule has 1 aromatic carbocycles. The van der Waals surface area contributed by atoms with Gasteiger partial charge in [0.15, 0.2) is 11.5 Å². The van der Waals surface area contributed by atoms with E-state index in [2.05, 4.69) is 22.3 Å². The number of aromatic nitrogens is 1. The van der Waals surface area contributed by atoms with Crippen LogP contribution in [0.15, 0.2) is 12.1 Å². The van der Waals surface area contributed by atoms with Gasteiger partial charge in [0.1, 0.15) is 0 Å². The number of hydrogen-bond acceptors (Lipinski definition) is 6. The van der Waals surface area contributed by atoms with E-state index in [1.807, 2.05) is 0 Å². The molecule has 168 valence electrons. The molecule has 6 heteroatoms. The Morgan fingerprint density at radius 3 is 2.87 bits per heavy atom. The van der Waals surface area contributed by atoms with Gasteiger partial charge in [-0.05, 0) is 69.7 Å². The molecule has 2 aromatic rings. The minimum atomic E-state index is 0.584. The first-order valence-corrected chi connectivity index (χ1v) is 12.0. The van der Waals surface area contributed by atoms with Gasteiger partial charge >= 0.3 is 0 Å². The van der Waals surface area contributed by atoms with E-state index in [0.717, 1.165) is 74.4 Å². The highest BCUT2D eigenvalue weighted by molar-refractivity contribution is 5.96. The lowest BCUT2D eigenvalue weighted by atomic mass is 10.0. The smallest absolute Gasteiger partial charge is 0.163 e. The zero-order chi connectivity index (χ0) is 21.0. The van der Waals surface area contributed by atoms with Crippen LogP contribution in [0.25, 0.3) is 10.9 Å². The van der Waals surface area contributed by atoms with Crippen LogP contribution < -0.4 is 14.8 Å². The number of ether oxygens (including phenoxy) is 3. The average Bonchev–Trinajstić information content (AvgIpc) is 3.56. The highest BCUT2D eigenvalue weighted by Crippen LogP contribution is 2.40. The Bertz CT molecular complexity index is 905. The molecule has 6 nitrogen and oxygen atoms in total. The van der Waals surface area contributed by atoms with Gasteiger partial charge in [-0.1, -0.05) is 0 Å². The summed E-state index contributed by atoms with van der Waals surface area (Å²) in [7, 11) is 1.72. The van der Waals surface area contributed by atoms with Crippen LogP contribution in [0.4, 0.5) is 5.69 Å². The van der Waals surface area contributed by atoms with Crippen LogP contribution in [0.1, 0.15) is 43.4 Å². The van der Waals surface area contributed by atoms with E-state index >= 15 is 0 Å². The van der Waals surface area contributed by atoms with Crippen LogP contribution in [-0.2, 0) is 17.6 Å². The fraction of sp³-hybridized carbons (Fsp3) is 0.640. The summed E-state index contributed by atoms with van der Waals surface area (Å²) >= 11 is 0. The van der Waals surface area contributed by atoms with Crippen LogP contribution in [-0.4, -0.2) is 63.0 Å². The summed E-state index contributed by atoms with van der Waals surface area (Å²) < 4.78 is 17.5. The zero-order valence-corrected chi connectivity index (χ0v) is 18.8. The van der Waals surface area contributed by atoms with Gasteiger partial charge in [-0.25, -0.2) is 0 Å². The molecule has 1 atom stereocenters. The topological polar surface area (TPSA) is 55.9 Å². The lowest BCUT2D eigenvalue weighted by Crippen LogP contribution is -2.21. The summed E-state index contributed by atoms with van der Waals surface area (Å²) in [6.45, 7) is 6.97. The number of fused-ring (bicyclic) bond motifs is 2. The van der Waals surface area contributed by atoms with Crippen LogP contribution >= 0.6 is 0 Å². The maximum Gasteiger partial charge on any atom is 0.163 e. The number of aryl methyl sites for hydroxylation is 1. The van der Waals surface area contributed by atoms with Gasteiger partial charge in [-0.3, -0.25) is 4.98 Å². The predicted octanol–water partition coefficient (Wildman–Crippen LogP) is 4.05. The van der Waals surface area contributed by atoms with Crippen LogP contribution in [0, 0.1) is 5.92 Å². The fourth-order valence-corrected chi connectivity index (χ4v) is 5.21. The molecule has 1 aliphatic carbocycles. The number of hydrogen-bond donors (Lipinski definition) is 1. The first kappa shape index (κ1) is 20.8. The summed E-state index contributed by atoms with van der Waals surface area (Å²) in [6.07, 6.45) is 8.17. The van der Waals surface area contributed by atoms with Crippen molar-refractivity contribution in [2.45, 2.75) is 44.9 Å². The van der Waals surface area contributed by atoms with Crippen molar-refractivity contribution in [3.05, 3.63) is 23.4 Å². The lowest BCUT2D eigenvalue weighted by molar-refractivity contribution is 0.187. The number of benzene rings is 1. The number of anilines is 1. The molecule has 3 aliphatic rings. The molecule has 2 saturated heterocycles. The first-order valence-electron chi connectivity index (χ1n) is 12.0. The maximum atomic E-state index is 6.17. The summed E-state index contributed by atoms with van der Waals surface area (Å²) in [4.78, 5) is 7.54. The van der Waals surface area contributed by atoms with E-state index in [0.29, 0.717) is 12.5 Å². The van der Waals surface area contributed by atoms with E-state index in [-0.39, 0.29) is 0 Å². The van der Waals surface area contributed by atoms with Crippen molar-refractivity contribution in [3.63, 3.8) is 0 Å². The maximum absolute atomic E-state index is 6.17. The molecule has 31 heavy (non-hydrogen) atoms. The Labute approximate surface area is 185 Å². The molecular formula is C25H35N3O3. The van der Waals surface area contributed by atoms with Gasteiger partial charge in [0.2, 0.25) is 0 Å². The number of pyridine rings is 1. The van der Waals surface area contributed by atoms with Crippen LogP contribution in [0.5, 0.6) is 11.5 Å². The number of nitrogens with one attached hydrogen (secondary N) is 1. The molecule has 0 bridgehead atoms. The van der Waals surface area contributed by atoms with Gasteiger partial charge in [0, 0.05) is 48.4 Å². The van der Waals surface area contributed by atoms with E-state index in [9.17, 15) is 0 Å². The van der Waals surface area contributed by atoms with E-state index in [1.54, 1.807) is 7.11 Å². The van der Waals surface area contributed by atoms with E-state index in [1.165, 1.54) is 49.3 Å². The Balaban J connectivity index is 1.36. The monoisotopic (exact) mass is 425 g/mol. The third-order valence-electron chi connectivity index (χ3n) is 6.96. The summed E-state index contributed by atoms with van der Waals surface area (Å²) in [6, 6.07) is 4.19. The molecule has 3 heterocycles. The second-order valence-corrected chi connectivity index (χ2v) is 9.15. The van der Waals surface area contributed by atoms with Crippen molar-refractivity contribution in [3.8, 4) is 11.5 Å². The minimum absolute atomic E-state index is 0.584. The molecule has 0 radical (unpaired) electrons. The standard InChI is InChI=1S/C25H35N3O3/c1-29-23-14-20-22(15-24(23)31-12-5-11-28-9-2-3-10-28)27-21-7-4-6-19(21)25(20)26-16-18-8-13-30-17-18/h14-15,18H,2-13,16-17H2,1H3,(H,26,27)/t18-/m1/s1. The average molecular weight is 426 g/mol. The summed E-state index contributed by atoms with van der Waals surface area (Å²) in [5.74, 6) is 2.18. The Morgan fingerprint density at radius 1 is 1.16 bits per heavy atom. The molecule has 0 unspecified atom stereocenters. The Hall–Kier alpha value is -2.05. The molecule has 2 fully saturated rings. The predicted molar refractivity (Wildman–Crippen MR) is 124 cm³/mol. The first-order chi connectivity index (χ1) is 15.3. The molecule has 0 saturated carbocycles. The van der Waals surface area contributed by atoms with Gasteiger partial charge in [-0.15, -0.1) is 0 Å². The van der Waals surface area contributed by atoms with Crippen LogP contribution in [0.3, 0.4) is 0 Å². The molecule has 1 N–H and O–H groups in total. The van der Waals surface area contributed by atoms with Crippen molar-refractivity contribution in [1.82, 2.24) is 9.88 Å². The molecule has 2 aliphatic heterocycles. The molecule has 5 rings (SSSR count). The zero-order valence-electron chi connectivity index (χ0n) is 18.8.